The Morgan fingerprint density at radius 3 is 1.82 bits per heavy atom. The number of pyridine rings is 2. The van der Waals surface area contributed by atoms with Gasteiger partial charge in [0.05, 0.1) is 37.7 Å². The number of hydrogen-bond donors (Lipinski definition) is 0. The fraction of sp³-hybridized carbons (Fsp3) is 0.400. The Labute approximate surface area is 198 Å². The van der Waals surface area contributed by atoms with Crippen molar-refractivity contribution in [3.8, 4) is 0 Å². The summed E-state index contributed by atoms with van der Waals surface area (Å²) in [5.41, 5.74) is -2.41. The molecule has 2 aliphatic rings. The fourth-order valence-electron chi connectivity index (χ4n) is 5.78. The summed E-state index contributed by atoms with van der Waals surface area (Å²) in [6.07, 6.45) is 4.90. The van der Waals surface area contributed by atoms with Gasteiger partial charge in [-0.3, -0.25) is 34.2 Å². The molecule has 2 unspecified atom stereocenters. The van der Waals surface area contributed by atoms with Gasteiger partial charge in [-0.15, -0.1) is 6.58 Å². The summed E-state index contributed by atoms with van der Waals surface area (Å²) >= 11 is 0. The molecule has 2 fully saturated rings. The molecule has 9 nitrogen and oxygen atoms in total. The van der Waals surface area contributed by atoms with Crippen molar-refractivity contribution in [2.75, 3.05) is 40.9 Å². The van der Waals surface area contributed by atoms with Crippen LogP contribution in [0.1, 0.15) is 23.5 Å². The molecule has 2 aliphatic heterocycles. The third kappa shape index (κ3) is 3.26. The van der Waals surface area contributed by atoms with Gasteiger partial charge in [0.15, 0.2) is 16.6 Å². The molecule has 0 N–H and O–H groups in total. The third-order valence-electron chi connectivity index (χ3n) is 6.93. The summed E-state index contributed by atoms with van der Waals surface area (Å²) < 4.78 is 10.5. The maximum absolute atomic E-state index is 14.6. The molecule has 9 heteroatoms. The Hall–Kier alpha value is -3.43. The van der Waals surface area contributed by atoms with Gasteiger partial charge in [-0.05, 0) is 31.3 Å². The Kier molecular flexibility index (Phi) is 6.33. The Morgan fingerprint density at radius 2 is 1.47 bits per heavy atom. The monoisotopic (exact) mass is 464 g/mol. The predicted octanol–water partition coefficient (Wildman–Crippen LogP) is 1.59. The van der Waals surface area contributed by atoms with Crippen LogP contribution in [0.4, 0.5) is 0 Å². The van der Waals surface area contributed by atoms with Gasteiger partial charge in [0, 0.05) is 32.0 Å². The normalized spacial score (nSPS) is 29.3. The maximum Gasteiger partial charge on any atom is 0.322 e. The topological polar surface area (TPSA) is 102 Å². The number of carbonyl (C=O) groups is 3. The summed E-state index contributed by atoms with van der Waals surface area (Å²) in [7, 11) is 4.28. The second-order valence-corrected chi connectivity index (χ2v) is 8.69. The van der Waals surface area contributed by atoms with Crippen molar-refractivity contribution in [2.45, 2.75) is 12.1 Å². The molecule has 2 bridgehead atoms. The van der Waals surface area contributed by atoms with E-state index in [-0.39, 0.29) is 13.1 Å². The number of likely N-dealkylation sites (tertiary alicyclic amines) is 2. The van der Waals surface area contributed by atoms with E-state index in [1.807, 2.05) is 9.80 Å². The molecular formula is C25H28N4O5. The summed E-state index contributed by atoms with van der Waals surface area (Å²) in [6, 6.07) is 9.04. The average Bonchev–Trinajstić information content (AvgIpc) is 2.86. The standard InChI is InChI=1S/C25H28N4O5/c1-5-14-29-15-24(22(31)33-3)19(17-10-6-8-12-26-17)28(2)20(18-11-7-9-13-27-18)25(16-29,21(24)30)23(32)34-4/h5-13,19-20H,1,14-16H2,2-4H3/t19?,20?,24-,25+. The zero-order chi connectivity index (χ0) is 24.5. The number of aromatic nitrogens is 2. The van der Waals surface area contributed by atoms with Crippen LogP contribution in [-0.2, 0) is 23.9 Å². The highest BCUT2D eigenvalue weighted by Crippen LogP contribution is 2.60. The van der Waals surface area contributed by atoms with E-state index in [1.165, 1.54) is 14.2 Å². The fourth-order valence-corrected chi connectivity index (χ4v) is 5.78. The number of Topliss-reactive ketones (excluding diaryl/α,β-unsaturated/α-hetero) is 1. The first-order valence-electron chi connectivity index (χ1n) is 11.0. The number of hydrogen-bond acceptors (Lipinski definition) is 9. The van der Waals surface area contributed by atoms with Gasteiger partial charge in [0.25, 0.3) is 0 Å². The first-order valence-corrected chi connectivity index (χ1v) is 11.0. The van der Waals surface area contributed by atoms with E-state index in [9.17, 15) is 14.4 Å². The van der Waals surface area contributed by atoms with E-state index in [0.29, 0.717) is 17.9 Å². The number of ketones is 1. The van der Waals surface area contributed by atoms with Crippen LogP contribution in [0.15, 0.2) is 61.4 Å². The number of nitrogens with zero attached hydrogens (tertiary/aromatic N) is 4. The average molecular weight is 465 g/mol. The van der Waals surface area contributed by atoms with E-state index < -0.39 is 40.6 Å². The molecule has 2 saturated heterocycles. The van der Waals surface area contributed by atoms with Gasteiger partial charge in [-0.1, -0.05) is 18.2 Å². The van der Waals surface area contributed by atoms with Crippen LogP contribution in [0.5, 0.6) is 0 Å². The minimum atomic E-state index is -1.72. The minimum absolute atomic E-state index is 0.0454. The second kappa shape index (κ2) is 9.08. The SMILES string of the molecule is C=CCN1C[C@]2(C(=O)OC)C(=O)[C@](C(=O)OC)(C1)C(c1ccccn1)N(C)C2c1ccccn1. The second-order valence-electron chi connectivity index (χ2n) is 8.69. The highest BCUT2D eigenvalue weighted by molar-refractivity contribution is 6.17. The first-order chi connectivity index (χ1) is 16.4. The molecule has 2 aromatic rings. The molecule has 0 spiro atoms. The van der Waals surface area contributed by atoms with Gasteiger partial charge in [0.2, 0.25) is 0 Å². The van der Waals surface area contributed by atoms with Gasteiger partial charge in [0.1, 0.15) is 0 Å². The van der Waals surface area contributed by atoms with Crippen molar-refractivity contribution in [3.63, 3.8) is 0 Å². The Balaban J connectivity index is 2.08. The van der Waals surface area contributed by atoms with Crippen LogP contribution >= 0.6 is 0 Å². The molecule has 4 heterocycles. The van der Waals surface area contributed by atoms with Gasteiger partial charge < -0.3 is 9.47 Å². The molecule has 0 amide bonds. The highest BCUT2D eigenvalue weighted by atomic mass is 16.5. The van der Waals surface area contributed by atoms with Gasteiger partial charge in [-0.25, -0.2) is 0 Å². The van der Waals surface area contributed by atoms with Crippen molar-refractivity contribution < 1.29 is 23.9 Å². The smallest absolute Gasteiger partial charge is 0.322 e. The molecule has 178 valence electrons. The minimum Gasteiger partial charge on any atom is -0.468 e. The summed E-state index contributed by atoms with van der Waals surface area (Å²) in [5, 5.41) is 0. The van der Waals surface area contributed by atoms with Crippen LogP contribution in [0, 0.1) is 10.8 Å². The van der Waals surface area contributed by atoms with Crippen molar-refractivity contribution in [2.24, 2.45) is 10.8 Å². The molecule has 0 aliphatic carbocycles. The number of rotatable bonds is 6. The zero-order valence-electron chi connectivity index (χ0n) is 19.5. The number of ether oxygens (including phenoxy) is 2. The summed E-state index contributed by atoms with van der Waals surface area (Å²) in [6.45, 7) is 4.27. The number of carbonyl (C=O) groups excluding carboxylic acids is 3. The van der Waals surface area contributed by atoms with E-state index in [1.54, 1.807) is 61.9 Å². The van der Waals surface area contributed by atoms with E-state index in [2.05, 4.69) is 16.5 Å². The van der Waals surface area contributed by atoms with Crippen LogP contribution in [0.25, 0.3) is 0 Å². The third-order valence-corrected chi connectivity index (χ3v) is 6.93. The van der Waals surface area contributed by atoms with Gasteiger partial charge >= 0.3 is 11.9 Å². The van der Waals surface area contributed by atoms with Gasteiger partial charge in [-0.2, -0.15) is 0 Å². The van der Waals surface area contributed by atoms with E-state index in [0.717, 1.165) is 0 Å². The predicted molar refractivity (Wildman–Crippen MR) is 122 cm³/mol. The van der Waals surface area contributed by atoms with E-state index >= 15 is 0 Å². The lowest BCUT2D eigenvalue weighted by atomic mass is 9.54. The van der Waals surface area contributed by atoms with E-state index in [4.69, 9.17) is 9.47 Å². The highest BCUT2D eigenvalue weighted by Gasteiger charge is 2.75. The van der Waals surface area contributed by atoms with Crippen molar-refractivity contribution in [1.29, 1.82) is 0 Å². The first kappa shape index (κ1) is 23.7. The van der Waals surface area contributed by atoms with Crippen LogP contribution in [-0.4, -0.2) is 78.4 Å². The molecule has 2 aromatic heterocycles. The van der Waals surface area contributed by atoms with Crippen LogP contribution in [0.3, 0.4) is 0 Å². The summed E-state index contributed by atoms with van der Waals surface area (Å²) in [5.74, 6) is -1.98. The Morgan fingerprint density at radius 1 is 1.00 bits per heavy atom. The molecule has 34 heavy (non-hydrogen) atoms. The number of fused-ring (bicyclic) bond motifs is 2. The Bertz CT molecular complexity index is 1020. The maximum atomic E-state index is 14.6. The molecule has 4 rings (SSSR count). The molecular weight excluding hydrogens is 436 g/mol. The van der Waals surface area contributed by atoms with Crippen LogP contribution in [0.2, 0.25) is 0 Å². The lowest BCUT2D eigenvalue weighted by Crippen LogP contribution is -2.75. The molecule has 0 aromatic carbocycles. The lowest BCUT2D eigenvalue weighted by Gasteiger charge is -2.60. The summed E-state index contributed by atoms with van der Waals surface area (Å²) in [4.78, 5) is 54.5. The molecule has 0 radical (unpaired) electrons. The van der Waals surface area contributed by atoms with Crippen molar-refractivity contribution in [1.82, 2.24) is 19.8 Å². The van der Waals surface area contributed by atoms with Crippen LogP contribution < -0.4 is 0 Å². The zero-order valence-corrected chi connectivity index (χ0v) is 19.5. The number of methoxy groups -OCH3 is 2. The lowest BCUT2D eigenvalue weighted by molar-refractivity contribution is -0.203. The molecule has 4 atom stereocenters. The van der Waals surface area contributed by atoms with Crippen molar-refractivity contribution in [3.05, 3.63) is 72.8 Å². The quantitative estimate of drug-likeness (QED) is 0.358. The number of esters is 2. The largest absolute Gasteiger partial charge is 0.468 e. The number of piperidine rings is 2. The molecule has 0 saturated carbocycles. The van der Waals surface area contributed by atoms with Crippen molar-refractivity contribution >= 4 is 17.7 Å².